The van der Waals surface area contributed by atoms with E-state index >= 15 is 0 Å². The maximum Gasteiger partial charge on any atom is 0.306 e. The summed E-state index contributed by atoms with van der Waals surface area (Å²) in [5.41, 5.74) is 0. The lowest BCUT2D eigenvalue weighted by atomic mass is 10.0. The number of rotatable bonds is 28. The van der Waals surface area contributed by atoms with E-state index < -0.39 is 60.5 Å². The van der Waals surface area contributed by atoms with Crippen LogP contribution in [0.3, 0.4) is 0 Å². The van der Waals surface area contributed by atoms with Crippen LogP contribution in [0.5, 0.6) is 0 Å². The third kappa shape index (κ3) is 42.6. The molecule has 57 heavy (non-hydrogen) atoms. The number of ether oxygens (including phenoxy) is 5. The molecule has 0 spiro atoms. The molecule has 0 aliphatic heterocycles. The normalized spacial score (nSPS) is 14.8. The fraction of sp³-hybridized carbons (Fsp3) is 0.825. The van der Waals surface area contributed by atoms with E-state index in [4.69, 9.17) is 52.0 Å². The van der Waals surface area contributed by atoms with E-state index in [1.54, 1.807) is 20.8 Å². The van der Waals surface area contributed by atoms with E-state index in [2.05, 4.69) is 0 Å². The number of esters is 5. The van der Waals surface area contributed by atoms with Crippen LogP contribution in [-0.2, 0) is 57.2 Å². The SMILES string of the molecule is CCC(O)CC(C)OC(C)=O.CCC(O)CC(CC(C)OC(C)=O)OC(=O)CCCCC(=O)OC(CC(O)CC)CC(C)OC(C)=O.O=C(Cl)CCCCC(=O)Cl. The summed E-state index contributed by atoms with van der Waals surface area (Å²) in [6, 6.07) is 0. The number of carbonyl (C=O) groups is 7. The summed E-state index contributed by atoms with van der Waals surface area (Å²) in [4.78, 5) is 77.6. The van der Waals surface area contributed by atoms with Gasteiger partial charge in [-0.3, -0.25) is 33.6 Å². The molecule has 0 rings (SSSR count). The number of hydrogen-bond acceptors (Lipinski definition) is 15. The van der Waals surface area contributed by atoms with Crippen molar-refractivity contribution in [2.24, 2.45) is 0 Å². The van der Waals surface area contributed by atoms with Gasteiger partial charge in [0.05, 0.1) is 18.3 Å². The average Bonchev–Trinajstić information content (AvgIpc) is 3.07. The zero-order chi connectivity index (χ0) is 44.5. The van der Waals surface area contributed by atoms with Gasteiger partial charge >= 0.3 is 29.8 Å². The molecule has 0 heterocycles. The van der Waals surface area contributed by atoms with Gasteiger partial charge in [0.1, 0.15) is 30.5 Å². The second-order valence-electron chi connectivity index (χ2n) is 14.0. The fourth-order valence-corrected chi connectivity index (χ4v) is 5.43. The molecule has 0 bridgehead atoms. The Hall–Kier alpha value is -2.85. The first kappa shape index (κ1) is 58.5. The summed E-state index contributed by atoms with van der Waals surface area (Å²) in [7, 11) is 0. The Morgan fingerprint density at radius 1 is 0.439 bits per heavy atom. The Morgan fingerprint density at radius 3 is 0.965 bits per heavy atom. The van der Waals surface area contributed by atoms with E-state index in [1.807, 2.05) is 20.8 Å². The molecule has 0 aliphatic rings. The molecule has 0 aromatic heterocycles. The second-order valence-corrected chi connectivity index (χ2v) is 14.8. The molecule has 0 radical (unpaired) electrons. The Kier molecular flexibility index (Phi) is 37.2. The van der Waals surface area contributed by atoms with Gasteiger partial charge in [-0.1, -0.05) is 20.8 Å². The number of unbranched alkanes of at least 4 members (excludes halogenated alkanes) is 2. The van der Waals surface area contributed by atoms with Gasteiger partial charge in [-0.2, -0.15) is 0 Å². The van der Waals surface area contributed by atoms with E-state index in [1.165, 1.54) is 20.8 Å². The lowest BCUT2D eigenvalue weighted by Crippen LogP contribution is -2.29. The van der Waals surface area contributed by atoms with Crippen molar-refractivity contribution < 1.29 is 72.6 Å². The lowest BCUT2D eigenvalue weighted by Gasteiger charge is -2.23. The minimum absolute atomic E-state index is 0.0927. The third-order valence-electron chi connectivity index (χ3n) is 7.98. The summed E-state index contributed by atoms with van der Waals surface area (Å²) < 4.78 is 26.0. The minimum Gasteiger partial charge on any atom is -0.463 e. The number of aliphatic hydroxyl groups is 3. The van der Waals surface area contributed by atoms with Crippen molar-refractivity contribution in [2.45, 2.75) is 214 Å². The fourth-order valence-electron chi connectivity index (χ4n) is 5.17. The van der Waals surface area contributed by atoms with Gasteiger partial charge in [-0.05, 0) is 88.9 Å². The predicted molar refractivity (Wildman–Crippen MR) is 214 cm³/mol. The highest BCUT2D eigenvalue weighted by atomic mass is 35.5. The van der Waals surface area contributed by atoms with Crippen molar-refractivity contribution in [1.82, 2.24) is 0 Å². The average molecular weight is 862 g/mol. The molecule has 0 saturated heterocycles. The molecule has 0 aromatic rings. The quantitative estimate of drug-likeness (QED) is 0.0328. The molecule has 8 unspecified atom stereocenters. The van der Waals surface area contributed by atoms with E-state index in [0.717, 1.165) is 0 Å². The van der Waals surface area contributed by atoms with Gasteiger partial charge in [0.25, 0.3) is 0 Å². The first-order chi connectivity index (χ1) is 26.5. The van der Waals surface area contributed by atoms with E-state index in [0.29, 0.717) is 64.2 Å². The summed E-state index contributed by atoms with van der Waals surface area (Å²) in [6.07, 6.45) is 2.34. The van der Waals surface area contributed by atoms with Crippen LogP contribution in [0.25, 0.3) is 0 Å². The van der Waals surface area contributed by atoms with Crippen LogP contribution in [-0.4, -0.2) is 104 Å². The number of halogens is 2. The molecule has 15 nitrogen and oxygen atoms in total. The predicted octanol–water partition coefficient (Wildman–Crippen LogP) is 6.55. The molecule has 0 amide bonds. The molecule has 17 heteroatoms. The van der Waals surface area contributed by atoms with Gasteiger partial charge in [0.2, 0.25) is 10.5 Å². The number of carbonyl (C=O) groups excluding carboxylic acids is 7. The van der Waals surface area contributed by atoms with Crippen LogP contribution < -0.4 is 0 Å². The van der Waals surface area contributed by atoms with Gasteiger partial charge < -0.3 is 39.0 Å². The first-order valence-corrected chi connectivity index (χ1v) is 20.6. The standard InChI is InChI=1S/C26H46O10.C8H16O3.C6H8Cl2O2/c1-7-21(29)15-23(13-17(3)33-19(5)27)35-25(31)11-9-10-12-26(32)36-24(16-22(30)8-2)14-18(4)34-20(6)28;1-4-8(10)5-6(2)11-7(3)9;7-5(9)3-1-2-4-6(8)10/h17-18,21-24,29-30H,7-16H2,1-6H3;6,8,10H,4-5H2,1-3H3;1-4H2. The van der Waals surface area contributed by atoms with E-state index in [9.17, 15) is 43.8 Å². The summed E-state index contributed by atoms with van der Waals surface area (Å²) in [5, 5.41) is 28.4. The topological polar surface area (TPSA) is 226 Å². The second kappa shape index (κ2) is 36.2. The zero-order valence-electron chi connectivity index (χ0n) is 35.4. The van der Waals surface area contributed by atoms with Crippen LogP contribution in [0.2, 0.25) is 0 Å². The number of aliphatic hydroxyl groups excluding tert-OH is 3. The first-order valence-electron chi connectivity index (χ1n) is 19.9. The molecule has 8 atom stereocenters. The minimum atomic E-state index is -0.634. The van der Waals surface area contributed by atoms with Crippen LogP contribution in [0.1, 0.15) is 165 Å². The van der Waals surface area contributed by atoms with Crippen molar-refractivity contribution in [3.05, 3.63) is 0 Å². The Labute approximate surface area is 349 Å². The molecule has 0 aliphatic carbocycles. The maximum absolute atomic E-state index is 12.3. The van der Waals surface area contributed by atoms with Gasteiger partial charge in [-0.25, -0.2) is 0 Å². The van der Waals surface area contributed by atoms with Gasteiger partial charge in [-0.15, -0.1) is 0 Å². The Bertz CT molecular complexity index is 1080. The highest BCUT2D eigenvalue weighted by Gasteiger charge is 2.24. The number of hydrogen-bond donors (Lipinski definition) is 3. The molecule has 0 fully saturated rings. The molecule has 0 aromatic carbocycles. The Morgan fingerprint density at radius 2 is 0.702 bits per heavy atom. The molecule has 334 valence electrons. The Balaban J connectivity index is -0.00000112. The molecular weight excluding hydrogens is 791 g/mol. The third-order valence-corrected chi connectivity index (χ3v) is 8.36. The highest BCUT2D eigenvalue weighted by molar-refractivity contribution is 6.63. The summed E-state index contributed by atoms with van der Waals surface area (Å²) >= 11 is 10.1. The monoisotopic (exact) mass is 860 g/mol. The molecule has 0 saturated carbocycles. The summed E-state index contributed by atoms with van der Waals surface area (Å²) in [6.45, 7) is 14.7. The van der Waals surface area contributed by atoms with Gasteiger partial charge in [0.15, 0.2) is 0 Å². The smallest absolute Gasteiger partial charge is 0.306 e. The molecular formula is C40H70Cl2O15. The largest absolute Gasteiger partial charge is 0.463 e. The molecule has 3 N–H and O–H groups in total. The van der Waals surface area contributed by atoms with Crippen LogP contribution >= 0.6 is 23.2 Å². The highest BCUT2D eigenvalue weighted by Crippen LogP contribution is 2.18. The van der Waals surface area contributed by atoms with Crippen LogP contribution in [0.4, 0.5) is 0 Å². The van der Waals surface area contributed by atoms with Crippen molar-refractivity contribution in [3.63, 3.8) is 0 Å². The van der Waals surface area contributed by atoms with Crippen LogP contribution in [0, 0.1) is 0 Å². The maximum atomic E-state index is 12.3. The van der Waals surface area contributed by atoms with Gasteiger partial charge in [0, 0.05) is 78.6 Å². The summed E-state index contributed by atoms with van der Waals surface area (Å²) in [5.74, 6) is -2.05. The van der Waals surface area contributed by atoms with Crippen molar-refractivity contribution in [1.29, 1.82) is 0 Å². The lowest BCUT2D eigenvalue weighted by molar-refractivity contribution is -0.158. The zero-order valence-corrected chi connectivity index (χ0v) is 36.9. The van der Waals surface area contributed by atoms with E-state index in [-0.39, 0.29) is 67.2 Å². The van der Waals surface area contributed by atoms with Crippen molar-refractivity contribution >= 4 is 63.5 Å². The van der Waals surface area contributed by atoms with Crippen molar-refractivity contribution in [3.8, 4) is 0 Å². The van der Waals surface area contributed by atoms with Crippen LogP contribution in [0.15, 0.2) is 0 Å². The van der Waals surface area contributed by atoms with Crippen molar-refractivity contribution in [2.75, 3.05) is 0 Å².